The minimum atomic E-state index is -0.632. The molecule has 2 heterocycles. The van der Waals surface area contributed by atoms with E-state index in [1.807, 2.05) is 42.5 Å². The molecule has 2 aromatic heterocycles. The van der Waals surface area contributed by atoms with E-state index in [4.69, 9.17) is 10.7 Å². The fourth-order valence-corrected chi connectivity index (χ4v) is 5.43. The molecular weight excluding hydrogens is 413 g/mol. The van der Waals surface area contributed by atoms with Crippen LogP contribution in [-0.2, 0) is 12.2 Å². The molecule has 4 nitrogen and oxygen atoms in total. The monoisotopic (exact) mass is 439 g/mol. The van der Waals surface area contributed by atoms with Crippen LogP contribution in [-0.4, -0.2) is 20.7 Å². The molecule has 0 bridgehead atoms. The number of nitrogens with two attached hydrogens (primary N) is 1. The number of fused-ring (bicyclic) bond motifs is 1. The van der Waals surface area contributed by atoms with Gasteiger partial charge in [-0.1, -0.05) is 54.6 Å². The highest BCUT2D eigenvalue weighted by atomic mass is 19.1. The molecule has 0 radical (unpaired) electrons. The molecule has 0 spiro atoms. The molecule has 2 saturated carbocycles. The predicted octanol–water partition coefficient (Wildman–Crippen LogP) is 5.52. The molecule has 2 aliphatic rings. The standard InChI is InChI=1S/C28H26FN3O/c29-15-25-23-14-22(18-4-2-1-3-5-18)26(32-24(23)12-13-31-25)19-6-8-20(9-7-19)27(30)16-28(33,17-27)21-10-11-21/h1-9,12-14,21,33H,10-11,15-17,30H2/t27-,28-. The Balaban J connectivity index is 1.42. The smallest absolute Gasteiger partial charge is 0.132 e. The fourth-order valence-electron chi connectivity index (χ4n) is 5.43. The van der Waals surface area contributed by atoms with Crippen molar-refractivity contribution < 1.29 is 9.50 Å². The fraction of sp³-hybridized carbons (Fsp3) is 0.286. The Morgan fingerprint density at radius 1 is 0.970 bits per heavy atom. The number of aliphatic hydroxyl groups is 1. The number of hydrogen-bond donors (Lipinski definition) is 2. The molecule has 33 heavy (non-hydrogen) atoms. The average molecular weight is 440 g/mol. The molecule has 6 rings (SSSR count). The number of nitrogens with zero attached hydrogens (tertiary/aromatic N) is 2. The maximum Gasteiger partial charge on any atom is 0.132 e. The van der Waals surface area contributed by atoms with Gasteiger partial charge in [0.1, 0.15) is 6.67 Å². The largest absolute Gasteiger partial charge is 0.389 e. The number of benzene rings is 2. The first-order valence-corrected chi connectivity index (χ1v) is 11.5. The van der Waals surface area contributed by atoms with Gasteiger partial charge in [-0.25, -0.2) is 9.37 Å². The first-order valence-electron chi connectivity index (χ1n) is 11.5. The zero-order chi connectivity index (χ0) is 22.6. The molecule has 2 fully saturated rings. The molecular formula is C28H26FN3O. The summed E-state index contributed by atoms with van der Waals surface area (Å²) in [6.45, 7) is -0.632. The van der Waals surface area contributed by atoms with Gasteiger partial charge in [-0.05, 0) is 54.9 Å². The summed E-state index contributed by atoms with van der Waals surface area (Å²) in [6, 6.07) is 22.1. The number of halogens is 1. The van der Waals surface area contributed by atoms with Crippen molar-refractivity contribution in [3.8, 4) is 22.4 Å². The molecule has 4 aromatic rings. The van der Waals surface area contributed by atoms with Crippen LogP contribution in [0.2, 0.25) is 0 Å². The number of rotatable bonds is 5. The van der Waals surface area contributed by atoms with Gasteiger partial charge in [-0.15, -0.1) is 0 Å². The Hall–Kier alpha value is -3.15. The molecule has 0 amide bonds. The van der Waals surface area contributed by atoms with Crippen molar-refractivity contribution in [1.82, 2.24) is 9.97 Å². The van der Waals surface area contributed by atoms with Crippen LogP contribution < -0.4 is 5.73 Å². The lowest BCUT2D eigenvalue weighted by molar-refractivity contribution is -0.106. The summed E-state index contributed by atoms with van der Waals surface area (Å²) in [5.74, 6) is 0.424. The first-order chi connectivity index (χ1) is 16.0. The van der Waals surface area contributed by atoms with Gasteiger partial charge < -0.3 is 10.8 Å². The second-order valence-corrected chi connectivity index (χ2v) is 9.67. The minimum Gasteiger partial charge on any atom is -0.389 e. The van der Waals surface area contributed by atoms with Gasteiger partial charge in [0, 0.05) is 28.2 Å². The Labute approximate surface area is 192 Å². The molecule has 2 aliphatic carbocycles. The van der Waals surface area contributed by atoms with E-state index in [0.717, 1.165) is 51.7 Å². The van der Waals surface area contributed by atoms with Crippen LogP contribution in [0.15, 0.2) is 72.9 Å². The number of hydrogen-bond acceptors (Lipinski definition) is 4. The predicted molar refractivity (Wildman–Crippen MR) is 128 cm³/mol. The van der Waals surface area contributed by atoms with Crippen molar-refractivity contribution in [3.63, 3.8) is 0 Å². The van der Waals surface area contributed by atoms with Crippen molar-refractivity contribution in [2.75, 3.05) is 0 Å². The van der Waals surface area contributed by atoms with E-state index in [2.05, 4.69) is 29.2 Å². The number of aromatic nitrogens is 2. The zero-order valence-corrected chi connectivity index (χ0v) is 18.3. The van der Waals surface area contributed by atoms with Crippen LogP contribution in [0.4, 0.5) is 4.39 Å². The third-order valence-corrected chi connectivity index (χ3v) is 7.35. The zero-order valence-electron chi connectivity index (χ0n) is 18.3. The highest BCUT2D eigenvalue weighted by Crippen LogP contribution is 2.57. The van der Waals surface area contributed by atoms with Gasteiger partial charge in [-0.2, -0.15) is 0 Å². The Kier molecular flexibility index (Phi) is 4.61. The van der Waals surface area contributed by atoms with E-state index in [0.29, 0.717) is 24.5 Å². The summed E-state index contributed by atoms with van der Waals surface area (Å²) >= 11 is 0. The Morgan fingerprint density at radius 3 is 2.36 bits per heavy atom. The summed E-state index contributed by atoms with van der Waals surface area (Å²) in [7, 11) is 0. The van der Waals surface area contributed by atoms with E-state index in [1.54, 1.807) is 6.20 Å². The van der Waals surface area contributed by atoms with Crippen LogP contribution >= 0.6 is 0 Å². The van der Waals surface area contributed by atoms with Gasteiger partial charge in [0.25, 0.3) is 0 Å². The van der Waals surface area contributed by atoms with Gasteiger partial charge >= 0.3 is 0 Å². The first kappa shape index (κ1) is 20.5. The molecule has 166 valence electrons. The molecule has 2 aromatic carbocycles. The third kappa shape index (κ3) is 3.43. The van der Waals surface area contributed by atoms with Crippen molar-refractivity contribution in [1.29, 1.82) is 0 Å². The van der Waals surface area contributed by atoms with E-state index < -0.39 is 17.8 Å². The van der Waals surface area contributed by atoms with E-state index in [1.165, 1.54) is 0 Å². The van der Waals surface area contributed by atoms with E-state index in [9.17, 15) is 9.50 Å². The lowest BCUT2D eigenvalue weighted by Gasteiger charge is -2.52. The van der Waals surface area contributed by atoms with E-state index in [-0.39, 0.29) is 0 Å². The van der Waals surface area contributed by atoms with Crippen LogP contribution in [0.3, 0.4) is 0 Å². The quantitative estimate of drug-likeness (QED) is 0.429. The molecule has 0 aliphatic heterocycles. The Morgan fingerprint density at radius 2 is 1.70 bits per heavy atom. The van der Waals surface area contributed by atoms with Crippen molar-refractivity contribution in [3.05, 3.63) is 84.2 Å². The maximum absolute atomic E-state index is 13.6. The van der Waals surface area contributed by atoms with Gasteiger partial charge in [0.2, 0.25) is 0 Å². The van der Waals surface area contributed by atoms with Crippen molar-refractivity contribution >= 4 is 10.9 Å². The average Bonchev–Trinajstić information content (AvgIpc) is 3.69. The molecule has 0 unspecified atom stereocenters. The summed E-state index contributed by atoms with van der Waals surface area (Å²) in [4.78, 5) is 9.13. The van der Waals surface area contributed by atoms with Crippen LogP contribution in [0.5, 0.6) is 0 Å². The summed E-state index contributed by atoms with van der Waals surface area (Å²) in [6.07, 6.45) is 5.07. The summed E-state index contributed by atoms with van der Waals surface area (Å²) < 4.78 is 13.6. The maximum atomic E-state index is 13.6. The highest BCUT2D eigenvalue weighted by molar-refractivity contribution is 5.92. The number of pyridine rings is 2. The molecule has 5 heteroatoms. The molecule has 0 atom stereocenters. The van der Waals surface area contributed by atoms with Gasteiger partial charge in [0.05, 0.1) is 22.5 Å². The van der Waals surface area contributed by atoms with Crippen LogP contribution in [0, 0.1) is 5.92 Å². The van der Waals surface area contributed by atoms with Crippen LogP contribution in [0.25, 0.3) is 33.3 Å². The highest BCUT2D eigenvalue weighted by Gasteiger charge is 2.58. The van der Waals surface area contributed by atoms with E-state index >= 15 is 0 Å². The van der Waals surface area contributed by atoms with Crippen molar-refractivity contribution in [2.45, 2.75) is 43.5 Å². The van der Waals surface area contributed by atoms with Crippen LogP contribution in [0.1, 0.15) is 36.9 Å². The van der Waals surface area contributed by atoms with Gasteiger partial charge in [-0.3, -0.25) is 4.98 Å². The third-order valence-electron chi connectivity index (χ3n) is 7.35. The number of alkyl halides is 1. The normalized spacial score (nSPS) is 24.6. The van der Waals surface area contributed by atoms with Crippen molar-refractivity contribution in [2.24, 2.45) is 11.7 Å². The lowest BCUT2D eigenvalue weighted by Crippen LogP contribution is -2.60. The SMILES string of the molecule is N[C@]1(c2ccc(-c3nc4ccnc(CF)c4cc3-c3ccccc3)cc2)C[C@](O)(C2CC2)C1. The topological polar surface area (TPSA) is 72.0 Å². The lowest BCUT2D eigenvalue weighted by atomic mass is 9.60. The summed E-state index contributed by atoms with van der Waals surface area (Å²) in [5, 5.41) is 11.5. The molecule has 0 saturated heterocycles. The Bertz CT molecular complexity index is 1330. The van der Waals surface area contributed by atoms with Gasteiger partial charge in [0.15, 0.2) is 0 Å². The second kappa shape index (κ2) is 7.44. The second-order valence-electron chi connectivity index (χ2n) is 9.67. The molecule has 3 N–H and O–H groups in total. The summed E-state index contributed by atoms with van der Waals surface area (Å²) in [5.41, 5.74) is 11.5. The minimum absolute atomic E-state index is 0.400.